The summed E-state index contributed by atoms with van der Waals surface area (Å²) in [6.45, 7) is 5.07. The molecule has 0 spiro atoms. The molecule has 0 atom stereocenters. The first-order valence-electron chi connectivity index (χ1n) is 3.44. The Balaban J connectivity index is 3.48. The van der Waals surface area contributed by atoms with Crippen molar-refractivity contribution in [2.75, 3.05) is 0 Å². The molecule has 1 aromatic heterocycles. The summed E-state index contributed by atoms with van der Waals surface area (Å²) in [7, 11) is -4.62. The predicted molar refractivity (Wildman–Crippen MR) is 44.1 cm³/mol. The van der Waals surface area contributed by atoms with E-state index in [1.165, 1.54) is 6.20 Å². The summed E-state index contributed by atoms with van der Waals surface area (Å²) in [6, 6.07) is 0. The lowest BCUT2D eigenvalue weighted by molar-refractivity contribution is 0.540. The Morgan fingerprint density at radius 1 is 1.33 bits per heavy atom. The van der Waals surface area contributed by atoms with Gasteiger partial charge in [0.15, 0.2) is 0 Å². The maximum absolute atomic E-state index is 12.5. The quantitative estimate of drug-likeness (QED) is 0.630. The molecule has 0 aliphatic heterocycles. The number of aryl methyl sites for hydroxylation is 1. The van der Waals surface area contributed by atoms with E-state index in [4.69, 9.17) is 0 Å². The van der Waals surface area contributed by atoms with Gasteiger partial charge in [-0.2, -0.15) is 8.42 Å². The van der Waals surface area contributed by atoms with Crippen molar-refractivity contribution in [1.82, 2.24) is 3.97 Å². The lowest BCUT2D eigenvalue weighted by Crippen LogP contribution is -2.06. The van der Waals surface area contributed by atoms with Gasteiger partial charge in [-0.25, -0.2) is 3.97 Å². The van der Waals surface area contributed by atoms with E-state index in [0.29, 0.717) is 9.67 Å². The minimum atomic E-state index is -4.62. The van der Waals surface area contributed by atoms with Gasteiger partial charge in [0.2, 0.25) is 0 Å². The van der Waals surface area contributed by atoms with Gasteiger partial charge in [-0.15, -0.1) is 0 Å². The maximum Gasteiger partial charge on any atom is 0.403 e. The van der Waals surface area contributed by atoms with E-state index < -0.39 is 10.4 Å². The Bertz CT molecular complexity index is 405. The summed E-state index contributed by atoms with van der Waals surface area (Å²) in [5, 5.41) is 0. The van der Waals surface area contributed by atoms with Crippen molar-refractivity contribution in [2.45, 2.75) is 20.8 Å². The second kappa shape index (κ2) is 2.58. The van der Waals surface area contributed by atoms with Crippen LogP contribution >= 0.6 is 0 Å². The molecule has 12 heavy (non-hydrogen) atoms. The van der Waals surface area contributed by atoms with Crippen LogP contribution in [0.25, 0.3) is 0 Å². The Morgan fingerprint density at radius 3 is 2.00 bits per heavy atom. The first-order chi connectivity index (χ1) is 5.34. The van der Waals surface area contributed by atoms with Crippen LogP contribution in [0, 0.1) is 20.8 Å². The highest BCUT2D eigenvalue weighted by atomic mass is 32.3. The van der Waals surface area contributed by atoms with Crippen molar-refractivity contribution in [1.29, 1.82) is 0 Å². The summed E-state index contributed by atoms with van der Waals surface area (Å²) in [5.74, 6) is 0. The van der Waals surface area contributed by atoms with Crippen LogP contribution in [0.4, 0.5) is 3.89 Å². The summed E-state index contributed by atoms with van der Waals surface area (Å²) >= 11 is 0. The Labute approximate surface area is 71.2 Å². The Morgan fingerprint density at radius 2 is 1.83 bits per heavy atom. The van der Waals surface area contributed by atoms with E-state index in [-0.39, 0.29) is 0 Å². The van der Waals surface area contributed by atoms with Crippen LogP contribution in [0.15, 0.2) is 6.20 Å². The van der Waals surface area contributed by atoms with Gasteiger partial charge >= 0.3 is 10.4 Å². The van der Waals surface area contributed by atoms with Crippen molar-refractivity contribution in [3.63, 3.8) is 0 Å². The van der Waals surface area contributed by atoms with Gasteiger partial charge in [-0.05, 0) is 31.9 Å². The normalized spacial score (nSPS) is 12.0. The molecule has 68 valence electrons. The van der Waals surface area contributed by atoms with E-state index in [1.807, 2.05) is 0 Å². The zero-order valence-corrected chi connectivity index (χ0v) is 7.94. The second-order valence-corrected chi connectivity index (χ2v) is 3.98. The number of hydrogen-bond donors (Lipinski definition) is 0. The molecular formula is C7H10FNO2S. The molecule has 5 heteroatoms. The third-order valence-electron chi connectivity index (χ3n) is 2.01. The van der Waals surface area contributed by atoms with Gasteiger partial charge in [-0.1, -0.05) is 3.89 Å². The zero-order valence-electron chi connectivity index (χ0n) is 7.13. The molecule has 0 aromatic carbocycles. The topological polar surface area (TPSA) is 39.1 Å². The molecule has 3 nitrogen and oxygen atoms in total. The van der Waals surface area contributed by atoms with E-state index in [2.05, 4.69) is 0 Å². The lowest BCUT2D eigenvalue weighted by Gasteiger charge is -1.97. The summed E-state index contributed by atoms with van der Waals surface area (Å²) < 4.78 is 34.2. The highest BCUT2D eigenvalue weighted by molar-refractivity contribution is 7.84. The van der Waals surface area contributed by atoms with Crippen LogP contribution in [0.1, 0.15) is 16.8 Å². The van der Waals surface area contributed by atoms with Crippen molar-refractivity contribution < 1.29 is 12.3 Å². The smallest absolute Gasteiger partial charge is 0.223 e. The van der Waals surface area contributed by atoms with Gasteiger partial charge in [0.05, 0.1) is 0 Å². The fraction of sp³-hybridized carbons (Fsp3) is 0.429. The largest absolute Gasteiger partial charge is 0.403 e. The number of hydrogen-bond acceptors (Lipinski definition) is 2. The molecule has 0 aliphatic rings. The summed E-state index contributed by atoms with van der Waals surface area (Å²) in [5.41, 5.74) is 2.00. The molecule has 0 saturated carbocycles. The number of nitrogens with zero attached hydrogens (tertiary/aromatic N) is 1. The first kappa shape index (κ1) is 9.25. The van der Waals surface area contributed by atoms with Crippen molar-refractivity contribution in [3.05, 3.63) is 23.0 Å². The van der Waals surface area contributed by atoms with Gasteiger partial charge in [-0.3, -0.25) is 0 Å². The molecule has 0 radical (unpaired) electrons. The molecule has 0 N–H and O–H groups in total. The minimum absolute atomic E-state index is 0.426. The van der Waals surface area contributed by atoms with Crippen molar-refractivity contribution in [3.8, 4) is 0 Å². The van der Waals surface area contributed by atoms with Crippen LogP contribution in [0.5, 0.6) is 0 Å². The minimum Gasteiger partial charge on any atom is -0.223 e. The fourth-order valence-electron chi connectivity index (χ4n) is 1.05. The number of rotatable bonds is 1. The maximum atomic E-state index is 12.5. The zero-order chi connectivity index (χ0) is 9.52. The van der Waals surface area contributed by atoms with E-state index in [1.54, 1.807) is 20.8 Å². The SMILES string of the molecule is Cc1cn(S(=O)(=O)F)c(C)c1C. The monoisotopic (exact) mass is 191 g/mol. The molecule has 0 unspecified atom stereocenters. The Kier molecular flexibility index (Phi) is 1.99. The van der Waals surface area contributed by atoms with E-state index >= 15 is 0 Å². The molecule has 0 amide bonds. The molecule has 0 aliphatic carbocycles. The third kappa shape index (κ3) is 1.36. The van der Waals surface area contributed by atoms with Crippen molar-refractivity contribution >= 4 is 10.4 Å². The van der Waals surface area contributed by atoms with E-state index in [9.17, 15) is 12.3 Å². The summed E-state index contributed by atoms with van der Waals surface area (Å²) in [6.07, 6.45) is 1.28. The van der Waals surface area contributed by atoms with Crippen LogP contribution in [-0.2, 0) is 10.4 Å². The van der Waals surface area contributed by atoms with Gasteiger partial charge in [0, 0.05) is 11.9 Å². The molecule has 1 rings (SSSR count). The van der Waals surface area contributed by atoms with Crippen molar-refractivity contribution in [2.24, 2.45) is 0 Å². The Hall–Kier alpha value is -0.840. The highest BCUT2D eigenvalue weighted by Crippen LogP contribution is 2.17. The first-order valence-corrected chi connectivity index (χ1v) is 4.78. The molecule has 1 heterocycles. The van der Waals surface area contributed by atoms with Gasteiger partial charge < -0.3 is 0 Å². The lowest BCUT2D eigenvalue weighted by atomic mass is 10.2. The number of halogens is 1. The van der Waals surface area contributed by atoms with Crippen LogP contribution < -0.4 is 0 Å². The van der Waals surface area contributed by atoms with Crippen LogP contribution in [0.3, 0.4) is 0 Å². The third-order valence-corrected chi connectivity index (χ3v) is 2.86. The predicted octanol–water partition coefficient (Wildman–Crippen LogP) is 1.48. The standard InChI is InChI=1S/C7H10FNO2S/c1-5-4-9(12(8,10)11)7(3)6(5)2/h4H,1-3H3. The molecule has 0 bridgehead atoms. The second-order valence-electron chi connectivity index (χ2n) is 2.76. The molecule has 0 fully saturated rings. The van der Waals surface area contributed by atoms with Crippen LogP contribution in [0.2, 0.25) is 0 Å². The van der Waals surface area contributed by atoms with Crippen LogP contribution in [-0.4, -0.2) is 12.4 Å². The van der Waals surface area contributed by atoms with Gasteiger partial charge in [0.25, 0.3) is 0 Å². The fourth-order valence-corrected chi connectivity index (χ4v) is 1.79. The molecule has 1 aromatic rings. The van der Waals surface area contributed by atoms with Gasteiger partial charge in [0.1, 0.15) is 0 Å². The average Bonchev–Trinajstić information content (AvgIpc) is 2.15. The molecular weight excluding hydrogens is 181 g/mol. The molecule has 0 saturated heterocycles. The average molecular weight is 191 g/mol. The highest BCUT2D eigenvalue weighted by Gasteiger charge is 2.15. The number of aromatic nitrogens is 1. The summed E-state index contributed by atoms with van der Waals surface area (Å²) in [4.78, 5) is 0. The van der Waals surface area contributed by atoms with E-state index in [0.717, 1.165) is 11.1 Å².